The number of nitrogens with zero attached hydrogens (tertiary/aromatic N) is 1. The minimum absolute atomic E-state index is 0.334. The zero-order chi connectivity index (χ0) is 17.1. The van der Waals surface area contributed by atoms with Gasteiger partial charge in [0.05, 0.1) is 20.8 Å². The molecule has 5 nitrogen and oxygen atoms in total. The molecule has 0 amide bonds. The smallest absolute Gasteiger partial charge is 0.330 e. The van der Waals surface area contributed by atoms with Crippen LogP contribution in [0.5, 0.6) is 11.5 Å². The zero-order valence-corrected chi connectivity index (χ0v) is 14.5. The summed E-state index contributed by atoms with van der Waals surface area (Å²) in [5.41, 5.74) is 0.850. The number of ether oxygens (including phenoxy) is 3. The lowest BCUT2D eigenvalue weighted by Crippen LogP contribution is -2.25. The van der Waals surface area contributed by atoms with Gasteiger partial charge in [-0.05, 0) is 43.3 Å². The molecule has 5 heteroatoms. The molecular weight excluding hydrogens is 294 g/mol. The van der Waals surface area contributed by atoms with Crippen LogP contribution in [0.1, 0.15) is 25.8 Å². The first kappa shape index (κ1) is 19.0. The molecule has 0 aliphatic heterocycles. The maximum Gasteiger partial charge on any atom is 0.330 e. The topological polar surface area (TPSA) is 48.0 Å². The molecule has 0 unspecified atom stereocenters. The van der Waals surface area contributed by atoms with Crippen LogP contribution in [0.4, 0.5) is 0 Å². The normalized spacial score (nSPS) is 11.0. The number of carbonyl (C=O) groups is 1. The van der Waals surface area contributed by atoms with E-state index in [2.05, 4.69) is 18.7 Å². The van der Waals surface area contributed by atoms with E-state index >= 15 is 0 Å². The molecule has 0 saturated heterocycles. The average molecular weight is 321 g/mol. The molecule has 0 spiro atoms. The van der Waals surface area contributed by atoms with Gasteiger partial charge in [-0.25, -0.2) is 4.79 Å². The molecule has 0 aromatic heterocycles. The molecule has 0 bridgehead atoms. The molecule has 1 rings (SSSR count). The second-order valence-corrected chi connectivity index (χ2v) is 5.00. The lowest BCUT2D eigenvalue weighted by molar-refractivity contribution is -0.137. The van der Waals surface area contributed by atoms with Gasteiger partial charge in [0.15, 0.2) is 11.5 Å². The number of hydrogen-bond acceptors (Lipinski definition) is 5. The van der Waals surface area contributed by atoms with Gasteiger partial charge in [-0.1, -0.05) is 19.9 Å². The maximum absolute atomic E-state index is 11.7. The molecule has 1 aromatic rings. The molecule has 0 radical (unpaired) electrons. The van der Waals surface area contributed by atoms with Crippen molar-refractivity contribution in [2.75, 3.05) is 40.5 Å². The van der Waals surface area contributed by atoms with E-state index in [9.17, 15) is 4.79 Å². The third-order valence-electron chi connectivity index (χ3n) is 3.58. The van der Waals surface area contributed by atoms with Crippen LogP contribution in [0.25, 0.3) is 6.08 Å². The summed E-state index contributed by atoms with van der Waals surface area (Å²) < 4.78 is 15.6. The summed E-state index contributed by atoms with van der Waals surface area (Å²) in [4.78, 5) is 14.0. The molecule has 0 heterocycles. The van der Waals surface area contributed by atoms with Crippen molar-refractivity contribution in [1.82, 2.24) is 4.90 Å². The minimum Gasteiger partial charge on any atom is -0.493 e. The summed E-state index contributed by atoms with van der Waals surface area (Å²) in [5.74, 6) is 0.949. The summed E-state index contributed by atoms with van der Waals surface area (Å²) in [6, 6.07) is 5.46. The van der Waals surface area contributed by atoms with Crippen LogP contribution in [0.15, 0.2) is 24.3 Å². The van der Waals surface area contributed by atoms with Crippen molar-refractivity contribution in [1.29, 1.82) is 0 Å². The molecule has 128 valence electrons. The Morgan fingerprint density at radius 3 is 2.43 bits per heavy atom. The van der Waals surface area contributed by atoms with E-state index in [1.165, 1.54) is 6.08 Å². The molecule has 0 aliphatic carbocycles. The van der Waals surface area contributed by atoms with E-state index in [1.54, 1.807) is 26.4 Å². The van der Waals surface area contributed by atoms with Crippen molar-refractivity contribution in [3.8, 4) is 11.5 Å². The van der Waals surface area contributed by atoms with Crippen LogP contribution in [-0.2, 0) is 9.53 Å². The van der Waals surface area contributed by atoms with Crippen molar-refractivity contribution < 1.29 is 19.0 Å². The highest BCUT2D eigenvalue weighted by Gasteiger charge is 2.04. The number of methoxy groups -OCH3 is 2. The van der Waals surface area contributed by atoms with Gasteiger partial charge in [0.2, 0.25) is 0 Å². The van der Waals surface area contributed by atoms with E-state index in [4.69, 9.17) is 14.2 Å². The van der Waals surface area contributed by atoms with Crippen LogP contribution in [-0.4, -0.2) is 51.3 Å². The van der Waals surface area contributed by atoms with Crippen LogP contribution in [0.3, 0.4) is 0 Å². The van der Waals surface area contributed by atoms with Crippen LogP contribution in [0.2, 0.25) is 0 Å². The number of rotatable bonds is 10. The van der Waals surface area contributed by atoms with E-state index in [-0.39, 0.29) is 5.97 Å². The highest BCUT2D eigenvalue weighted by molar-refractivity contribution is 5.87. The molecule has 0 N–H and O–H groups in total. The fraction of sp³-hybridized carbons (Fsp3) is 0.500. The number of esters is 1. The van der Waals surface area contributed by atoms with Gasteiger partial charge in [-0.3, -0.25) is 0 Å². The van der Waals surface area contributed by atoms with Gasteiger partial charge in [-0.2, -0.15) is 0 Å². The van der Waals surface area contributed by atoms with E-state index in [1.807, 2.05) is 12.1 Å². The summed E-state index contributed by atoms with van der Waals surface area (Å²) >= 11 is 0. The molecule has 0 fully saturated rings. The van der Waals surface area contributed by atoms with Crippen LogP contribution in [0, 0.1) is 0 Å². The summed E-state index contributed by atoms with van der Waals surface area (Å²) in [6.45, 7) is 7.67. The number of benzene rings is 1. The van der Waals surface area contributed by atoms with Crippen molar-refractivity contribution in [3.63, 3.8) is 0 Å². The lowest BCUT2D eigenvalue weighted by Gasteiger charge is -2.17. The largest absolute Gasteiger partial charge is 0.493 e. The predicted molar refractivity (Wildman–Crippen MR) is 91.9 cm³/mol. The molecule has 23 heavy (non-hydrogen) atoms. The Labute approximate surface area is 138 Å². The SMILES string of the molecule is CCN(CC)CCCOC(=O)/C=C/c1ccc(OC)c(OC)c1. The van der Waals surface area contributed by atoms with Crippen molar-refractivity contribution in [3.05, 3.63) is 29.8 Å². The third-order valence-corrected chi connectivity index (χ3v) is 3.58. The fourth-order valence-electron chi connectivity index (χ4n) is 2.17. The standard InChI is InChI=1S/C18H27NO4/c1-5-19(6-2)12-7-13-23-18(20)11-9-15-8-10-16(21-3)17(14-15)22-4/h8-11,14H,5-7,12-13H2,1-4H3/b11-9+. The van der Waals surface area contributed by atoms with Gasteiger partial charge >= 0.3 is 5.97 Å². The van der Waals surface area contributed by atoms with Gasteiger partial charge in [0.25, 0.3) is 0 Å². The predicted octanol–water partition coefficient (Wildman–Crippen LogP) is 2.99. The highest BCUT2D eigenvalue weighted by atomic mass is 16.5. The monoisotopic (exact) mass is 321 g/mol. The number of carbonyl (C=O) groups excluding carboxylic acids is 1. The zero-order valence-electron chi connectivity index (χ0n) is 14.5. The quantitative estimate of drug-likeness (QED) is 0.377. The minimum atomic E-state index is -0.334. The third kappa shape index (κ3) is 6.74. The first-order chi connectivity index (χ1) is 11.1. The van der Waals surface area contributed by atoms with Gasteiger partial charge in [0.1, 0.15) is 0 Å². The van der Waals surface area contributed by atoms with Crippen LogP contribution < -0.4 is 9.47 Å². The van der Waals surface area contributed by atoms with Gasteiger partial charge in [0, 0.05) is 12.6 Å². The number of hydrogen-bond donors (Lipinski definition) is 0. The Morgan fingerprint density at radius 1 is 1.13 bits per heavy atom. The summed E-state index contributed by atoms with van der Waals surface area (Å²) in [7, 11) is 3.17. The molecular formula is C18H27NO4. The maximum atomic E-state index is 11.7. The Bertz CT molecular complexity index is 510. The Hall–Kier alpha value is -2.01. The van der Waals surface area contributed by atoms with Gasteiger partial charge < -0.3 is 19.1 Å². The highest BCUT2D eigenvalue weighted by Crippen LogP contribution is 2.27. The van der Waals surface area contributed by atoms with Crippen LogP contribution >= 0.6 is 0 Å². The fourth-order valence-corrected chi connectivity index (χ4v) is 2.17. The first-order valence-corrected chi connectivity index (χ1v) is 7.93. The summed E-state index contributed by atoms with van der Waals surface area (Å²) in [6.07, 6.45) is 3.98. The van der Waals surface area contributed by atoms with E-state index < -0.39 is 0 Å². The lowest BCUT2D eigenvalue weighted by atomic mass is 10.2. The second kappa shape index (κ2) is 10.7. The molecule has 0 saturated carbocycles. The van der Waals surface area contributed by atoms with E-state index in [0.717, 1.165) is 31.6 Å². The van der Waals surface area contributed by atoms with Gasteiger partial charge in [-0.15, -0.1) is 0 Å². The van der Waals surface area contributed by atoms with E-state index in [0.29, 0.717) is 18.1 Å². The molecule has 0 aliphatic rings. The van der Waals surface area contributed by atoms with Crippen molar-refractivity contribution in [2.45, 2.75) is 20.3 Å². The van der Waals surface area contributed by atoms with Crippen molar-refractivity contribution in [2.24, 2.45) is 0 Å². The second-order valence-electron chi connectivity index (χ2n) is 5.00. The van der Waals surface area contributed by atoms with Crippen molar-refractivity contribution >= 4 is 12.0 Å². The Morgan fingerprint density at radius 2 is 1.83 bits per heavy atom. The summed E-state index contributed by atoms with van der Waals surface area (Å²) in [5, 5.41) is 0. The average Bonchev–Trinajstić information content (AvgIpc) is 2.59. The Kier molecular flexibility index (Phi) is 8.83. The molecule has 1 aromatic carbocycles. The molecule has 0 atom stereocenters. The first-order valence-electron chi connectivity index (χ1n) is 7.93. The Balaban J connectivity index is 2.43.